The van der Waals surface area contributed by atoms with Crippen LogP contribution in [0.2, 0.25) is 0 Å². The van der Waals surface area contributed by atoms with Crippen LogP contribution >= 0.6 is 0 Å². The molecule has 18 heavy (non-hydrogen) atoms. The Morgan fingerprint density at radius 2 is 1.67 bits per heavy atom. The topological polar surface area (TPSA) is 29.3 Å². The Balaban J connectivity index is 1.92. The minimum absolute atomic E-state index is 0.674. The molecule has 0 amide bonds. The van der Waals surface area contributed by atoms with Gasteiger partial charge in [0.15, 0.2) is 0 Å². The van der Waals surface area contributed by atoms with E-state index >= 15 is 0 Å². The molecule has 2 N–H and O–H groups in total. The molecular formula is C16H32N2. The standard InChI is InChI=1S/C16H32N2/c1-2-14-10-11-18(16(12-14)13-17)15-8-6-4-3-5-7-9-15/h14-16H,2-13,17H2,1H3. The van der Waals surface area contributed by atoms with Gasteiger partial charge in [0.25, 0.3) is 0 Å². The first-order chi connectivity index (χ1) is 8.85. The number of piperidine rings is 1. The Hall–Kier alpha value is -0.0800. The van der Waals surface area contributed by atoms with Gasteiger partial charge in [0.1, 0.15) is 0 Å². The maximum Gasteiger partial charge on any atom is 0.0223 e. The fourth-order valence-corrected chi connectivity index (χ4v) is 4.00. The van der Waals surface area contributed by atoms with Crippen molar-refractivity contribution >= 4 is 0 Å². The maximum atomic E-state index is 6.05. The lowest BCUT2D eigenvalue weighted by Crippen LogP contribution is -2.51. The molecule has 0 bridgehead atoms. The third-order valence-corrected chi connectivity index (χ3v) is 5.26. The van der Waals surface area contributed by atoms with Gasteiger partial charge in [-0.05, 0) is 38.1 Å². The van der Waals surface area contributed by atoms with Crippen molar-refractivity contribution in [3.8, 4) is 0 Å². The van der Waals surface area contributed by atoms with Crippen LogP contribution in [0.25, 0.3) is 0 Å². The van der Waals surface area contributed by atoms with E-state index in [-0.39, 0.29) is 0 Å². The fraction of sp³-hybridized carbons (Fsp3) is 1.00. The van der Waals surface area contributed by atoms with Gasteiger partial charge >= 0.3 is 0 Å². The Bertz CT molecular complexity index is 221. The highest BCUT2D eigenvalue weighted by Gasteiger charge is 2.31. The third kappa shape index (κ3) is 3.71. The summed E-state index contributed by atoms with van der Waals surface area (Å²) in [4.78, 5) is 2.79. The average Bonchev–Trinajstić information content (AvgIpc) is 2.38. The summed E-state index contributed by atoms with van der Waals surface area (Å²) in [6.07, 6.45) is 14.2. The number of nitrogens with two attached hydrogens (primary N) is 1. The predicted octanol–water partition coefficient (Wildman–Crippen LogP) is 3.55. The van der Waals surface area contributed by atoms with Crippen LogP contribution in [0.1, 0.15) is 71.1 Å². The first-order valence-corrected chi connectivity index (χ1v) is 8.31. The molecule has 1 saturated carbocycles. The summed E-state index contributed by atoms with van der Waals surface area (Å²) in [6, 6.07) is 1.52. The zero-order valence-corrected chi connectivity index (χ0v) is 12.2. The van der Waals surface area contributed by atoms with Crippen LogP contribution in [0.5, 0.6) is 0 Å². The molecule has 2 heteroatoms. The molecular weight excluding hydrogens is 220 g/mol. The SMILES string of the molecule is CCC1CCN(C2CCCCCCC2)C(CN)C1. The highest BCUT2D eigenvalue weighted by atomic mass is 15.2. The molecule has 2 fully saturated rings. The van der Waals surface area contributed by atoms with Crippen LogP contribution < -0.4 is 5.73 Å². The number of likely N-dealkylation sites (tertiary alicyclic amines) is 1. The van der Waals surface area contributed by atoms with Gasteiger partial charge in [0.2, 0.25) is 0 Å². The van der Waals surface area contributed by atoms with E-state index in [1.165, 1.54) is 70.8 Å². The van der Waals surface area contributed by atoms with Gasteiger partial charge < -0.3 is 5.73 Å². The van der Waals surface area contributed by atoms with Crippen molar-refractivity contribution in [2.24, 2.45) is 11.7 Å². The zero-order chi connectivity index (χ0) is 12.8. The quantitative estimate of drug-likeness (QED) is 0.832. The van der Waals surface area contributed by atoms with E-state index < -0.39 is 0 Å². The first kappa shape index (κ1) is 14.3. The second kappa shape index (κ2) is 7.49. The van der Waals surface area contributed by atoms with Gasteiger partial charge in [-0.1, -0.05) is 45.4 Å². The minimum atomic E-state index is 0.674. The van der Waals surface area contributed by atoms with Crippen molar-refractivity contribution in [3.05, 3.63) is 0 Å². The molecule has 2 aliphatic rings. The minimum Gasteiger partial charge on any atom is -0.329 e. The van der Waals surface area contributed by atoms with Gasteiger partial charge in [-0.3, -0.25) is 4.90 Å². The van der Waals surface area contributed by atoms with Crippen LogP contribution in [-0.2, 0) is 0 Å². The van der Waals surface area contributed by atoms with E-state index in [1.54, 1.807) is 0 Å². The molecule has 1 heterocycles. The largest absolute Gasteiger partial charge is 0.329 e. The molecule has 106 valence electrons. The highest BCUT2D eigenvalue weighted by Crippen LogP contribution is 2.30. The van der Waals surface area contributed by atoms with Crippen molar-refractivity contribution in [3.63, 3.8) is 0 Å². The number of hydrogen-bond acceptors (Lipinski definition) is 2. The third-order valence-electron chi connectivity index (χ3n) is 5.26. The van der Waals surface area contributed by atoms with Crippen molar-refractivity contribution in [1.29, 1.82) is 0 Å². The van der Waals surface area contributed by atoms with E-state index in [0.29, 0.717) is 6.04 Å². The summed E-state index contributed by atoms with van der Waals surface area (Å²) < 4.78 is 0. The molecule has 0 spiro atoms. The van der Waals surface area contributed by atoms with Crippen LogP contribution in [0.3, 0.4) is 0 Å². The maximum absolute atomic E-state index is 6.05. The van der Waals surface area contributed by atoms with Crippen molar-refractivity contribution < 1.29 is 0 Å². The van der Waals surface area contributed by atoms with Gasteiger partial charge in [-0.2, -0.15) is 0 Å². The second-order valence-electron chi connectivity index (χ2n) is 6.42. The second-order valence-corrected chi connectivity index (χ2v) is 6.42. The smallest absolute Gasteiger partial charge is 0.0223 e. The van der Waals surface area contributed by atoms with Crippen LogP contribution in [0.4, 0.5) is 0 Å². The Morgan fingerprint density at radius 1 is 1.00 bits per heavy atom. The number of nitrogens with zero attached hydrogens (tertiary/aromatic N) is 1. The molecule has 1 aliphatic carbocycles. The monoisotopic (exact) mass is 252 g/mol. The summed E-state index contributed by atoms with van der Waals surface area (Å²) in [5, 5.41) is 0. The molecule has 0 radical (unpaired) electrons. The summed E-state index contributed by atoms with van der Waals surface area (Å²) in [7, 11) is 0. The summed E-state index contributed by atoms with van der Waals surface area (Å²) >= 11 is 0. The van der Waals surface area contributed by atoms with Gasteiger partial charge in [0.05, 0.1) is 0 Å². The molecule has 2 unspecified atom stereocenters. The average molecular weight is 252 g/mol. The van der Waals surface area contributed by atoms with Gasteiger partial charge in [-0.25, -0.2) is 0 Å². The van der Waals surface area contributed by atoms with E-state index in [2.05, 4.69) is 11.8 Å². The lowest BCUT2D eigenvalue weighted by molar-refractivity contribution is 0.0577. The summed E-state index contributed by atoms with van der Waals surface area (Å²) in [5.74, 6) is 0.934. The zero-order valence-electron chi connectivity index (χ0n) is 12.2. The van der Waals surface area contributed by atoms with Crippen LogP contribution in [0, 0.1) is 5.92 Å². The summed E-state index contributed by atoms with van der Waals surface area (Å²) in [5.41, 5.74) is 6.05. The lowest BCUT2D eigenvalue weighted by Gasteiger charge is -2.44. The molecule has 1 saturated heterocycles. The molecule has 2 nitrogen and oxygen atoms in total. The van der Waals surface area contributed by atoms with Crippen molar-refractivity contribution in [2.75, 3.05) is 13.1 Å². The Morgan fingerprint density at radius 3 is 2.28 bits per heavy atom. The molecule has 0 aromatic rings. The van der Waals surface area contributed by atoms with Crippen molar-refractivity contribution in [2.45, 2.75) is 83.2 Å². The first-order valence-electron chi connectivity index (χ1n) is 8.31. The van der Waals surface area contributed by atoms with E-state index in [4.69, 9.17) is 5.73 Å². The van der Waals surface area contributed by atoms with E-state index in [9.17, 15) is 0 Å². The normalized spacial score (nSPS) is 33.0. The number of rotatable bonds is 3. The molecule has 0 aromatic carbocycles. The molecule has 2 rings (SSSR count). The highest BCUT2D eigenvalue weighted by molar-refractivity contribution is 4.87. The van der Waals surface area contributed by atoms with E-state index in [0.717, 1.165) is 18.5 Å². The van der Waals surface area contributed by atoms with E-state index in [1.807, 2.05) is 0 Å². The van der Waals surface area contributed by atoms with Gasteiger partial charge in [0, 0.05) is 18.6 Å². The molecule has 2 atom stereocenters. The van der Waals surface area contributed by atoms with Crippen LogP contribution in [-0.4, -0.2) is 30.1 Å². The number of hydrogen-bond donors (Lipinski definition) is 1. The predicted molar refractivity (Wildman–Crippen MR) is 78.7 cm³/mol. The molecule has 0 aromatic heterocycles. The lowest BCUT2D eigenvalue weighted by atomic mass is 9.86. The Kier molecular flexibility index (Phi) is 5.97. The van der Waals surface area contributed by atoms with Gasteiger partial charge in [-0.15, -0.1) is 0 Å². The molecule has 1 aliphatic heterocycles. The van der Waals surface area contributed by atoms with Crippen LogP contribution in [0.15, 0.2) is 0 Å². The summed E-state index contributed by atoms with van der Waals surface area (Å²) in [6.45, 7) is 4.52. The fourth-order valence-electron chi connectivity index (χ4n) is 4.00. The van der Waals surface area contributed by atoms with Crippen molar-refractivity contribution in [1.82, 2.24) is 4.90 Å². The Labute approximate surface area is 113 Å².